The Bertz CT molecular complexity index is 272. The maximum Gasteiger partial charge on any atom is 0.0882 e. The van der Waals surface area contributed by atoms with E-state index in [-0.39, 0.29) is 6.10 Å². The quantitative estimate of drug-likeness (QED) is 0.422. The van der Waals surface area contributed by atoms with Gasteiger partial charge in [-0.25, -0.2) is 0 Å². The third kappa shape index (κ3) is 7.45. The number of aliphatic hydroxyl groups excluding tert-OH is 1. The fraction of sp³-hybridized carbons (Fsp3) is 0.733. The van der Waals surface area contributed by atoms with Gasteiger partial charge in [-0.3, -0.25) is 0 Å². The minimum Gasteiger partial charge on any atom is -0.388 e. The molecule has 0 amide bonds. The summed E-state index contributed by atoms with van der Waals surface area (Å²) in [5, 5.41) is 11.9. The van der Waals surface area contributed by atoms with Crippen molar-refractivity contribution in [3.63, 3.8) is 0 Å². The van der Waals surface area contributed by atoms with Crippen molar-refractivity contribution in [3.05, 3.63) is 22.4 Å². The lowest BCUT2D eigenvalue weighted by Gasteiger charge is -2.07. The normalized spacial score (nSPS) is 12.8. The topological polar surface area (TPSA) is 20.2 Å². The van der Waals surface area contributed by atoms with Crippen LogP contribution in [-0.4, -0.2) is 10.9 Å². The highest BCUT2D eigenvalue weighted by atomic mass is 32.1. The number of hydrogen-bond acceptors (Lipinski definition) is 3. The fourth-order valence-corrected chi connectivity index (χ4v) is 3.10. The molecule has 1 nitrogen and oxygen atoms in total. The van der Waals surface area contributed by atoms with Crippen LogP contribution in [0.3, 0.4) is 0 Å². The lowest BCUT2D eigenvalue weighted by molar-refractivity contribution is 0.167. The molecule has 0 radical (unpaired) electrons. The summed E-state index contributed by atoms with van der Waals surface area (Å²) in [4.78, 5) is 1.11. The number of thiophene rings is 1. The first-order valence-electron chi connectivity index (χ1n) is 7.17. The second-order valence-corrected chi connectivity index (χ2v) is 6.30. The van der Waals surface area contributed by atoms with Crippen LogP contribution in [0.2, 0.25) is 0 Å². The molecule has 0 aliphatic rings. The molecule has 0 bridgehead atoms. The summed E-state index contributed by atoms with van der Waals surface area (Å²) in [5.74, 6) is 1.03. The lowest BCUT2D eigenvalue weighted by atomic mass is 10.1. The van der Waals surface area contributed by atoms with Crippen LogP contribution in [-0.2, 0) is 0 Å². The monoisotopic (exact) mass is 286 g/mol. The van der Waals surface area contributed by atoms with Gasteiger partial charge in [0.25, 0.3) is 0 Å². The fourth-order valence-electron chi connectivity index (χ4n) is 2.13. The molecule has 0 saturated carbocycles. The van der Waals surface area contributed by atoms with Crippen LogP contribution in [0.25, 0.3) is 0 Å². The van der Waals surface area contributed by atoms with Crippen LogP contribution in [0.4, 0.5) is 0 Å². The largest absolute Gasteiger partial charge is 0.388 e. The summed E-state index contributed by atoms with van der Waals surface area (Å²) in [5.41, 5.74) is 0. The summed E-state index contributed by atoms with van der Waals surface area (Å²) in [6.07, 6.45) is 11.1. The summed E-state index contributed by atoms with van der Waals surface area (Å²) in [7, 11) is 0. The van der Waals surface area contributed by atoms with E-state index in [1.54, 1.807) is 11.3 Å². The van der Waals surface area contributed by atoms with Gasteiger partial charge in [0.2, 0.25) is 0 Å². The van der Waals surface area contributed by atoms with Crippen molar-refractivity contribution in [1.82, 2.24) is 0 Å². The SMILES string of the molecule is OC(CCCCCCCCCCS)c1cccs1. The van der Waals surface area contributed by atoms with Crippen molar-refractivity contribution >= 4 is 24.0 Å². The van der Waals surface area contributed by atoms with Crippen molar-refractivity contribution in [1.29, 1.82) is 0 Å². The molecule has 1 aromatic heterocycles. The predicted molar refractivity (Wildman–Crippen MR) is 84.7 cm³/mol. The molecular weight excluding hydrogens is 260 g/mol. The minimum absolute atomic E-state index is 0.236. The Balaban J connectivity index is 1.87. The molecular formula is C15H26OS2. The molecule has 1 heterocycles. The van der Waals surface area contributed by atoms with Crippen molar-refractivity contribution in [2.24, 2.45) is 0 Å². The second kappa shape index (κ2) is 10.9. The van der Waals surface area contributed by atoms with Crippen LogP contribution in [0.15, 0.2) is 17.5 Å². The standard InChI is InChI=1S/C15H26OS2/c16-14(15-11-9-13-18-15)10-7-5-3-1-2-4-6-8-12-17/h9,11,13-14,16-17H,1-8,10,12H2. The van der Waals surface area contributed by atoms with Crippen molar-refractivity contribution < 1.29 is 5.11 Å². The molecule has 0 spiro atoms. The van der Waals surface area contributed by atoms with E-state index in [0.717, 1.165) is 23.5 Å². The highest BCUT2D eigenvalue weighted by Gasteiger charge is 2.07. The first-order chi connectivity index (χ1) is 8.84. The molecule has 1 aromatic rings. The van der Waals surface area contributed by atoms with Crippen LogP contribution in [0.1, 0.15) is 68.8 Å². The summed E-state index contributed by atoms with van der Waals surface area (Å²) >= 11 is 5.87. The molecule has 0 saturated heterocycles. The van der Waals surface area contributed by atoms with Crippen molar-refractivity contribution in [2.75, 3.05) is 5.75 Å². The van der Waals surface area contributed by atoms with Gasteiger partial charge in [-0.2, -0.15) is 12.6 Å². The van der Waals surface area contributed by atoms with Crippen LogP contribution < -0.4 is 0 Å². The minimum atomic E-state index is -0.236. The van der Waals surface area contributed by atoms with Gasteiger partial charge in [0.05, 0.1) is 6.10 Å². The van der Waals surface area contributed by atoms with Crippen LogP contribution >= 0.6 is 24.0 Å². The van der Waals surface area contributed by atoms with E-state index in [4.69, 9.17) is 0 Å². The molecule has 0 aromatic carbocycles. The Morgan fingerprint density at radius 1 is 1.00 bits per heavy atom. The van der Waals surface area contributed by atoms with E-state index in [0.29, 0.717) is 0 Å². The molecule has 3 heteroatoms. The van der Waals surface area contributed by atoms with Gasteiger partial charge < -0.3 is 5.11 Å². The number of rotatable bonds is 11. The van der Waals surface area contributed by atoms with Gasteiger partial charge in [-0.1, -0.05) is 51.0 Å². The van der Waals surface area contributed by atoms with Crippen LogP contribution in [0.5, 0.6) is 0 Å². The highest BCUT2D eigenvalue weighted by molar-refractivity contribution is 7.80. The highest BCUT2D eigenvalue weighted by Crippen LogP contribution is 2.24. The summed E-state index contributed by atoms with van der Waals surface area (Å²) in [6.45, 7) is 0. The average molecular weight is 287 g/mol. The zero-order valence-corrected chi connectivity index (χ0v) is 12.9. The van der Waals surface area contributed by atoms with Gasteiger partial charge in [0.1, 0.15) is 0 Å². The van der Waals surface area contributed by atoms with E-state index in [1.165, 1.54) is 44.9 Å². The number of unbranched alkanes of at least 4 members (excludes halogenated alkanes) is 7. The lowest BCUT2D eigenvalue weighted by Crippen LogP contribution is -1.94. The zero-order chi connectivity index (χ0) is 13.1. The maximum absolute atomic E-state index is 9.91. The molecule has 1 atom stereocenters. The average Bonchev–Trinajstić information content (AvgIpc) is 2.90. The Hall–Kier alpha value is 0.01000. The van der Waals surface area contributed by atoms with Crippen molar-refractivity contribution in [2.45, 2.75) is 63.9 Å². The Morgan fingerprint density at radius 2 is 1.61 bits per heavy atom. The van der Waals surface area contributed by atoms with Gasteiger partial charge in [0.15, 0.2) is 0 Å². The van der Waals surface area contributed by atoms with E-state index >= 15 is 0 Å². The first kappa shape index (κ1) is 16.1. The van der Waals surface area contributed by atoms with Gasteiger partial charge in [-0.05, 0) is 30.0 Å². The van der Waals surface area contributed by atoms with E-state index in [1.807, 2.05) is 17.5 Å². The van der Waals surface area contributed by atoms with Gasteiger partial charge in [-0.15, -0.1) is 11.3 Å². The summed E-state index contributed by atoms with van der Waals surface area (Å²) in [6, 6.07) is 4.03. The van der Waals surface area contributed by atoms with Gasteiger partial charge in [0, 0.05) is 4.88 Å². The van der Waals surface area contributed by atoms with Crippen molar-refractivity contribution in [3.8, 4) is 0 Å². The first-order valence-corrected chi connectivity index (χ1v) is 8.68. The van der Waals surface area contributed by atoms with E-state index in [2.05, 4.69) is 12.6 Å². The second-order valence-electron chi connectivity index (χ2n) is 4.87. The Labute approximate surface area is 121 Å². The molecule has 0 fully saturated rings. The van der Waals surface area contributed by atoms with E-state index < -0.39 is 0 Å². The predicted octanol–water partition coefficient (Wildman–Crippen LogP) is 5.22. The van der Waals surface area contributed by atoms with Gasteiger partial charge >= 0.3 is 0 Å². The number of aliphatic hydroxyl groups is 1. The molecule has 1 unspecified atom stereocenters. The molecule has 18 heavy (non-hydrogen) atoms. The third-order valence-electron chi connectivity index (χ3n) is 3.26. The maximum atomic E-state index is 9.91. The zero-order valence-electron chi connectivity index (χ0n) is 11.2. The molecule has 1 N–H and O–H groups in total. The third-order valence-corrected chi connectivity index (χ3v) is 4.55. The smallest absolute Gasteiger partial charge is 0.0882 e. The Kier molecular flexibility index (Phi) is 9.72. The molecule has 104 valence electrons. The number of thiol groups is 1. The molecule has 0 aliphatic carbocycles. The molecule has 0 aliphatic heterocycles. The van der Waals surface area contributed by atoms with E-state index in [9.17, 15) is 5.11 Å². The molecule has 1 rings (SSSR count). The Morgan fingerprint density at radius 3 is 2.17 bits per heavy atom. The van der Waals surface area contributed by atoms with Crippen LogP contribution in [0, 0.1) is 0 Å². The summed E-state index contributed by atoms with van der Waals surface area (Å²) < 4.78 is 0. The number of hydrogen-bond donors (Lipinski definition) is 2.